The van der Waals surface area contributed by atoms with E-state index in [1.165, 1.54) is 0 Å². The molecule has 0 fully saturated rings. The summed E-state index contributed by atoms with van der Waals surface area (Å²) in [6.45, 7) is 4.82. The fourth-order valence-electron chi connectivity index (χ4n) is 2.12. The lowest BCUT2D eigenvalue weighted by Gasteiger charge is -2.14. The van der Waals surface area contributed by atoms with Crippen molar-refractivity contribution in [3.63, 3.8) is 0 Å². The lowest BCUT2D eigenvalue weighted by atomic mass is 10.0. The van der Waals surface area contributed by atoms with Crippen LogP contribution in [0.5, 0.6) is 0 Å². The molecule has 1 aromatic carbocycles. The third kappa shape index (κ3) is 4.72. The van der Waals surface area contributed by atoms with Gasteiger partial charge in [-0.1, -0.05) is 26.0 Å². The van der Waals surface area contributed by atoms with E-state index in [4.69, 9.17) is 5.73 Å². The van der Waals surface area contributed by atoms with Crippen molar-refractivity contribution in [1.82, 2.24) is 9.78 Å². The monoisotopic (exact) mass is 286 g/mol. The van der Waals surface area contributed by atoms with E-state index in [0.717, 1.165) is 11.3 Å². The lowest BCUT2D eigenvalue weighted by Crippen LogP contribution is -2.36. The number of hydrogen-bond donors (Lipinski definition) is 2. The molecule has 112 valence electrons. The van der Waals surface area contributed by atoms with Gasteiger partial charge in [0, 0.05) is 18.1 Å². The molecule has 0 saturated carbocycles. The Balaban J connectivity index is 1.91. The molecule has 5 nitrogen and oxygen atoms in total. The Labute approximate surface area is 125 Å². The SMILES string of the molecule is CC(C)C[C@@H](N)C(=O)Nc1ccc(Cn2cccn2)cc1. The van der Waals surface area contributed by atoms with Gasteiger partial charge in [-0.15, -0.1) is 0 Å². The Morgan fingerprint density at radius 2 is 2.05 bits per heavy atom. The van der Waals surface area contributed by atoms with Crippen LogP contribution >= 0.6 is 0 Å². The summed E-state index contributed by atoms with van der Waals surface area (Å²) in [5.74, 6) is 0.269. The zero-order valence-corrected chi connectivity index (χ0v) is 12.5. The highest BCUT2D eigenvalue weighted by Gasteiger charge is 2.14. The molecule has 21 heavy (non-hydrogen) atoms. The summed E-state index contributed by atoms with van der Waals surface area (Å²) < 4.78 is 1.85. The van der Waals surface area contributed by atoms with Crippen molar-refractivity contribution in [3.05, 3.63) is 48.3 Å². The minimum Gasteiger partial charge on any atom is -0.325 e. The first kappa shape index (κ1) is 15.3. The quantitative estimate of drug-likeness (QED) is 0.855. The zero-order chi connectivity index (χ0) is 15.2. The van der Waals surface area contributed by atoms with Gasteiger partial charge in [-0.3, -0.25) is 9.48 Å². The molecular weight excluding hydrogens is 264 g/mol. The van der Waals surface area contributed by atoms with Crippen molar-refractivity contribution in [2.75, 3.05) is 5.32 Å². The molecule has 0 aliphatic carbocycles. The number of nitrogens with zero attached hydrogens (tertiary/aromatic N) is 2. The van der Waals surface area contributed by atoms with Crippen molar-refractivity contribution < 1.29 is 4.79 Å². The first-order valence-electron chi connectivity index (χ1n) is 7.17. The second kappa shape index (κ2) is 7.04. The van der Waals surface area contributed by atoms with E-state index < -0.39 is 6.04 Å². The fraction of sp³-hybridized carbons (Fsp3) is 0.375. The number of hydrogen-bond acceptors (Lipinski definition) is 3. The largest absolute Gasteiger partial charge is 0.325 e. The number of carbonyl (C=O) groups excluding carboxylic acids is 1. The summed E-state index contributed by atoms with van der Waals surface area (Å²) in [7, 11) is 0. The predicted molar refractivity (Wildman–Crippen MR) is 83.8 cm³/mol. The Morgan fingerprint density at radius 1 is 1.33 bits per heavy atom. The Morgan fingerprint density at radius 3 is 2.62 bits per heavy atom. The Bertz CT molecular complexity index is 560. The molecular formula is C16H22N4O. The number of nitrogens with one attached hydrogen (secondary N) is 1. The molecule has 0 saturated heterocycles. The van der Waals surface area contributed by atoms with E-state index >= 15 is 0 Å². The number of amides is 1. The van der Waals surface area contributed by atoms with E-state index in [-0.39, 0.29) is 5.91 Å². The first-order valence-corrected chi connectivity index (χ1v) is 7.17. The van der Waals surface area contributed by atoms with E-state index in [0.29, 0.717) is 18.9 Å². The van der Waals surface area contributed by atoms with E-state index in [1.54, 1.807) is 6.20 Å². The fourth-order valence-corrected chi connectivity index (χ4v) is 2.12. The van der Waals surface area contributed by atoms with Gasteiger partial charge >= 0.3 is 0 Å². The van der Waals surface area contributed by atoms with Crippen LogP contribution in [-0.2, 0) is 11.3 Å². The van der Waals surface area contributed by atoms with Gasteiger partial charge < -0.3 is 11.1 Å². The molecule has 5 heteroatoms. The van der Waals surface area contributed by atoms with Gasteiger partial charge in [0.2, 0.25) is 5.91 Å². The van der Waals surface area contributed by atoms with Crippen LogP contribution in [0.3, 0.4) is 0 Å². The normalized spacial score (nSPS) is 12.4. The smallest absolute Gasteiger partial charge is 0.241 e. The molecule has 1 atom stereocenters. The van der Waals surface area contributed by atoms with Gasteiger partial charge in [0.1, 0.15) is 0 Å². The van der Waals surface area contributed by atoms with Crippen molar-refractivity contribution in [2.45, 2.75) is 32.9 Å². The summed E-state index contributed by atoms with van der Waals surface area (Å²) in [5, 5.41) is 7.01. The molecule has 0 spiro atoms. The van der Waals surface area contributed by atoms with Crippen LogP contribution in [0.15, 0.2) is 42.7 Å². The van der Waals surface area contributed by atoms with Crippen LogP contribution < -0.4 is 11.1 Å². The average molecular weight is 286 g/mol. The maximum absolute atomic E-state index is 11.9. The number of carbonyl (C=O) groups is 1. The van der Waals surface area contributed by atoms with Crippen LogP contribution in [0.1, 0.15) is 25.8 Å². The molecule has 1 aromatic heterocycles. The third-order valence-electron chi connectivity index (χ3n) is 3.19. The molecule has 1 amide bonds. The zero-order valence-electron chi connectivity index (χ0n) is 12.5. The summed E-state index contributed by atoms with van der Waals surface area (Å²) in [6.07, 6.45) is 4.36. The Kier molecular flexibility index (Phi) is 5.11. The predicted octanol–water partition coefficient (Wildman–Crippen LogP) is 2.24. The second-order valence-electron chi connectivity index (χ2n) is 5.63. The average Bonchev–Trinajstić information content (AvgIpc) is 2.93. The number of benzene rings is 1. The van der Waals surface area contributed by atoms with Gasteiger partial charge in [-0.05, 0) is 36.1 Å². The van der Waals surface area contributed by atoms with Gasteiger partial charge in [0.25, 0.3) is 0 Å². The molecule has 0 radical (unpaired) electrons. The molecule has 0 unspecified atom stereocenters. The first-order chi connectivity index (χ1) is 10.0. The number of anilines is 1. The molecule has 0 aliphatic rings. The van der Waals surface area contributed by atoms with Gasteiger partial charge in [-0.25, -0.2) is 0 Å². The van der Waals surface area contributed by atoms with Crippen LogP contribution in [0.2, 0.25) is 0 Å². The topological polar surface area (TPSA) is 72.9 Å². The third-order valence-corrected chi connectivity index (χ3v) is 3.19. The molecule has 0 bridgehead atoms. The summed E-state index contributed by atoms with van der Waals surface area (Å²) in [5.41, 5.74) is 7.76. The van der Waals surface area contributed by atoms with Crippen LogP contribution in [0, 0.1) is 5.92 Å². The highest BCUT2D eigenvalue weighted by Crippen LogP contribution is 2.12. The summed E-state index contributed by atoms with van der Waals surface area (Å²) >= 11 is 0. The number of aromatic nitrogens is 2. The van der Waals surface area contributed by atoms with Crippen LogP contribution in [0.4, 0.5) is 5.69 Å². The molecule has 2 rings (SSSR count). The highest BCUT2D eigenvalue weighted by atomic mass is 16.2. The van der Waals surface area contributed by atoms with E-state index in [9.17, 15) is 4.79 Å². The molecule has 1 heterocycles. The summed E-state index contributed by atoms with van der Waals surface area (Å²) in [6, 6.07) is 9.16. The number of rotatable bonds is 6. The second-order valence-corrected chi connectivity index (χ2v) is 5.63. The lowest BCUT2D eigenvalue weighted by molar-refractivity contribution is -0.117. The Hall–Kier alpha value is -2.14. The van der Waals surface area contributed by atoms with E-state index in [2.05, 4.69) is 24.3 Å². The van der Waals surface area contributed by atoms with Crippen molar-refractivity contribution >= 4 is 11.6 Å². The maximum atomic E-state index is 11.9. The minimum atomic E-state index is -0.464. The van der Waals surface area contributed by atoms with Gasteiger partial charge in [-0.2, -0.15) is 5.10 Å². The highest BCUT2D eigenvalue weighted by molar-refractivity contribution is 5.94. The van der Waals surface area contributed by atoms with Crippen molar-refractivity contribution in [2.24, 2.45) is 11.7 Å². The molecule has 0 aliphatic heterocycles. The van der Waals surface area contributed by atoms with E-state index in [1.807, 2.05) is 41.2 Å². The van der Waals surface area contributed by atoms with Crippen molar-refractivity contribution in [1.29, 1.82) is 0 Å². The van der Waals surface area contributed by atoms with Gasteiger partial charge in [0.05, 0.1) is 12.6 Å². The number of nitrogens with two attached hydrogens (primary N) is 1. The van der Waals surface area contributed by atoms with Crippen LogP contribution in [0.25, 0.3) is 0 Å². The minimum absolute atomic E-state index is 0.136. The maximum Gasteiger partial charge on any atom is 0.241 e. The van der Waals surface area contributed by atoms with Crippen molar-refractivity contribution in [3.8, 4) is 0 Å². The standard InChI is InChI=1S/C16H22N4O/c1-12(2)10-15(17)16(21)19-14-6-4-13(5-7-14)11-20-9-3-8-18-20/h3-9,12,15H,10-11,17H2,1-2H3,(H,19,21)/t15-/m1/s1. The molecule has 2 aromatic rings. The van der Waals surface area contributed by atoms with Gasteiger partial charge in [0.15, 0.2) is 0 Å². The summed E-state index contributed by atoms with van der Waals surface area (Å²) in [4.78, 5) is 11.9. The van der Waals surface area contributed by atoms with Crippen LogP contribution in [-0.4, -0.2) is 21.7 Å². The molecule has 3 N–H and O–H groups in total.